The van der Waals surface area contributed by atoms with Gasteiger partial charge in [-0.25, -0.2) is 0 Å². The van der Waals surface area contributed by atoms with Gasteiger partial charge in [0.25, 0.3) is 5.91 Å². The highest BCUT2D eigenvalue weighted by atomic mass is 16.2. The zero-order valence-electron chi connectivity index (χ0n) is 11.8. The van der Waals surface area contributed by atoms with E-state index >= 15 is 0 Å². The number of likely N-dealkylation sites (N-methyl/N-ethyl adjacent to an activating group) is 1. The molecule has 1 aromatic carbocycles. The van der Waals surface area contributed by atoms with Crippen LogP contribution in [0.15, 0.2) is 18.2 Å². The second-order valence-electron chi connectivity index (χ2n) is 5.08. The SMILES string of the molecule is CC(=O)Nc1cc(N)ccc1C(=O)N1CCN(C)CC1. The molecular formula is C14H20N4O2. The van der Waals surface area contributed by atoms with Crippen LogP contribution < -0.4 is 11.1 Å². The summed E-state index contributed by atoms with van der Waals surface area (Å²) in [5.74, 6) is -0.287. The highest BCUT2D eigenvalue weighted by molar-refractivity contribution is 6.04. The van der Waals surface area contributed by atoms with E-state index in [0.29, 0.717) is 30.0 Å². The van der Waals surface area contributed by atoms with E-state index in [1.54, 1.807) is 23.1 Å². The summed E-state index contributed by atoms with van der Waals surface area (Å²) >= 11 is 0. The lowest BCUT2D eigenvalue weighted by Gasteiger charge is -2.32. The van der Waals surface area contributed by atoms with Crippen LogP contribution in [0.2, 0.25) is 0 Å². The minimum Gasteiger partial charge on any atom is -0.399 e. The summed E-state index contributed by atoms with van der Waals surface area (Å²) in [6.07, 6.45) is 0. The fourth-order valence-electron chi connectivity index (χ4n) is 2.22. The van der Waals surface area contributed by atoms with Crippen molar-refractivity contribution >= 4 is 23.2 Å². The molecule has 0 unspecified atom stereocenters. The highest BCUT2D eigenvalue weighted by Gasteiger charge is 2.22. The molecule has 108 valence electrons. The lowest BCUT2D eigenvalue weighted by Crippen LogP contribution is -2.47. The first-order valence-electron chi connectivity index (χ1n) is 6.62. The number of nitrogen functional groups attached to an aromatic ring is 1. The molecule has 0 aromatic heterocycles. The first-order chi connectivity index (χ1) is 9.47. The van der Waals surface area contributed by atoms with Crippen molar-refractivity contribution in [1.82, 2.24) is 9.80 Å². The molecule has 0 aliphatic carbocycles. The van der Waals surface area contributed by atoms with Crippen LogP contribution in [0, 0.1) is 0 Å². The number of anilines is 2. The van der Waals surface area contributed by atoms with E-state index in [4.69, 9.17) is 5.73 Å². The first kappa shape index (κ1) is 14.3. The highest BCUT2D eigenvalue weighted by Crippen LogP contribution is 2.21. The fraction of sp³-hybridized carbons (Fsp3) is 0.429. The minimum atomic E-state index is -0.219. The Balaban J connectivity index is 2.22. The monoisotopic (exact) mass is 276 g/mol. The number of carbonyl (C=O) groups is 2. The third-order valence-corrected chi connectivity index (χ3v) is 3.38. The molecule has 0 radical (unpaired) electrons. The average Bonchev–Trinajstić information content (AvgIpc) is 2.38. The second-order valence-corrected chi connectivity index (χ2v) is 5.08. The molecule has 1 aliphatic heterocycles. The number of nitrogens with zero attached hydrogens (tertiary/aromatic N) is 2. The fourth-order valence-corrected chi connectivity index (χ4v) is 2.22. The third kappa shape index (κ3) is 3.27. The molecule has 1 fully saturated rings. The number of nitrogens with two attached hydrogens (primary N) is 1. The molecule has 1 aromatic rings. The molecule has 20 heavy (non-hydrogen) atoms. The van der Waals surface area contributed by atoms with Gasteiger partial charge in [0.2, 0.25) is 5.91 Å². The summed E-state index contributed by atoms with van der Waals surface area (Å²) in [5.41, 5.74) is 7.19. The normalized spacial score (nSPS) is 16.0. The Morgan fingerprint density at radius 1 is 1.20 bits per heavy atom. The number of hydrogen-bond donors (Lipinski definition) is 2. The molecule has 1 saturated heterocycles. The molecule has 2 amide bonds. The van der Waals surface area contributed by atoms with Gasteiger partial charge in [0.15, 0.2) is 0 Å². The Kier molecular flexibility index (Phi) is 4.24. The molecule has 1 aliphatic rings. The molecular weight excluding hydrogens is 256 g/mol. The van der Waals surface area contributed by atoms with Crippen molar-refractivity contribution in [3.63, 3.8) is 0 Å². The van der Waals surface area contributed by atoms with Gasteiger partial charge in [0.1, 0.15) is 0 Å². The number of nitrogens with one attached hydrogen (secondary N) is 1. The van der Waals surface area contributed by atoms with E-state index in [1.165, 1.54) is 6.92 Å². The summed E-state index contributed by atoms with van der Waals surface area (Å²) in [6.45, 7) is 4.51. The summed E-state index contributed by atoms with van der Waals surface area (Å²) < 4.78 is 0. The topological polar surface area (TPSA) is 78.7 Å². The summed E-state index contributed by atoms with van der Waals surface area (Å²) in [7, 11) is 2.04. The molecule has 3 N–H and O–H groups in total. The van der Waals surface area contributed by atoms with Crippen LogP contribution in [-0.4, -0.2) is 54.8 Å². The van der Waals surface area contributed by atoms with Gasteiger partial charge >= 0.3 is 0 Å². The zero-order valence-corrected chi connectivity index (χ0v) is 11.8. The second kappa shape index (κ2) is 5.92. The Morgan fingerprint density at radius 3 is 2.45 bits per heavy atom. The van der Waals surface area contributed by atoms with Gasteiger partial charge in [-0.1, -0.05) is 0 Å². The first-order valence-corrected chi connectivity index (χ1v) is 6.62. The van der Waals surface area contributed by atoms with Gasteiger partial charge in [0.05, 0.1) is 11.3 Å². The van der Waals surface area contributed by atoms with Gasteiger partial charge in [-0.2, -0.15) is 0 Å². The standard InChI is InChI=1S/C14H20N4O2/c1-10(19)16-13-9-11(15)3-4-12(13)14(20)18-7-5-17(2)6-8-18/h3-4,9H,5-8,15H2,1-2H3,(H,16,19). The molecule has 6 heteroatoms. The lowest BCUT2D eigenvalue weighted by atomic mass is 10.1. The van der Waals surface area contributed by atoms with Gasteiger partial charge in [-0.05, 0) is 25.2 Å². The van der Waals surface area contributed by atoms with E-state index in [2.05, 4.69) is 10.2 Å². The van der Waals surface area contributed by atoms with Crippen molar-refractivity contribution < 1.29 is 9.59 Å². The van der Waals surface area contributed by atoms with Crippen LogP contribution in [-0.2, 0) is 4.79 Å². The lowest BCUT2D eigenvalue weighted by molar-refractivity contribution is -0.114. The van der Waals surface area contributed by atoms with Crippen molar-refractivity contribution in [2.24, 2.45) is 0 Å². The number of amides is 2. The van der Waals surface area contributed by atoms with Crippen LogP contribution >= 0.6 is 0 Å². The Labute approximate surface area is 118 Å². The van der Waals surface area contributed by atoms with Gasteiger partial charge in [0, 0.05) is 38.8 Å². The number of piperazine rings is 1. The van der Waals surface area contributed by atoms with Gasteiger partial charge in [-0.3, -0.25) is 9.59 Å². The van der Waals surface area contributed by atoms with Gasteiger partial charge in [-0.15, -0.1) is 0 Å². The average molecular weight is 276 g/mol. The maximum Gasteiger partial charge on any atom is 0.256 e. The van der Waals surface area contributed by atoms with Crippen LogP contribution in [0.25, 0.3) is 0 Å². The smallest absolute Gasteiger partial charge is 0.256 e. The van der Waals surface area contributed by atoms with E-state index in [9.17, 15) is 9.59 Å². The maximum absolute atomic E-state index is 12.5. The number of rotatable bonds is 2. The molecule has 0 atom stereocenters. The Morgan fingerprint density at radius 2 is 1.85 bits per heavy atom. The molecule has 0 bridgehead atoms. The molecule has 6 nitrogen and oxygen atoms in total. The van der Waals surface area contributed by atoms with E-state index in [-0.39, 0.29) is 11.8 Å². The van der Waals surface area contributed by atoms with Crippen molar-refractivity contribution in [2.75, 3.05) is 44.3 Å². The minimum absolute atomic E-state index is 0.0677. The van der Waals surface area contributed by atoms with Crippen molar-refractivity contribution in [1.29, 1.82) is 0 Å². The number of benzene rings is 1. The maximum atomic E-state index is 12.5. The molecule has 1 heterocycles. The summed E-state index contributed by atoms with van der Waals surface area (Å²) in [6, 6.07) is 4.96. The summed E-state index contributed by atoms with van der Waals surface area (Å²) in [4.78, 5) is 27.8. The van der Waals surface area contributed by atoms with Crippen LogP contribution in [0.5, 0.6) is 0 Å². The molecule has 0 spiro atoms. The van der Waals surface area contributed by atoms with Gasteiger partial charge < -0.3 is 20.9 Å². The van der Waals surface area contributed by atoms with E-state index in [1.807, 2.05) is 7.05 Å². The molecule has 2 rings (SSSR count). The third-order valence-electron chi connectivity index (χ3n) is 3.38. The predicted molar refractivity (Wildman–Crippen MR) is 78.6 cm³/mol. The van der Waals surface area contributed by atoms with E-state index in [0.717, 1.165) is 13.1 Å². The van der Waals surface area contributed by atoms with Crippen molar-refractivity contribution in [3.8, 4) is 0 Å². The Bertz CT molecular complexity index is 522. The number of carbonyl (C=O) groups excluding carboxylic acids is 2. The van der Waals surface area contributed by atoms with E-state index < -0.39 is 0 Å². The van der Waals surface area contributed by atoms with Crippen molar-refractivity contribution in [3.05, 3.63) is 23.8 Å². The molecule has 0 saturated carbocycles. The van der Waals surface area contributed by atoms with Crippen LogP contribution in [0.3, 0.4) is 0 Å². The largest absolute Gasteiger partial charge is 0.399 e. The zero-order chi connectivity index (χ0) is 14.7. The Hall–Kier alpha value is -2.08. The van der Waals surface area contributed by atoms with Crippen LogP contribution in [0.4, 0.5) is 11.4 Å². The van der Waals surface area contributed by atoms with Crippen molar-refractivity contribution in [2.45, 2.75) is 6.92 Å². The predicted octanol–water partition coefficient (Wildman–Crippen LogP) is 0.615. The quantitative estimate of drug-likeness (QED) is 0.776. The van der Waals surface area contributed by atoms with Crippen LogP contribution in [0.1, 0.15) is 17.3 Å². The number of hydrogen-bond acceptors (Lipinski definition) is 4. The summed E-state index contributed by atoms with van der Waals surface area (Å²) in [5, 5.41) is 2.67.